The minimum absolute atomic E-state index is 0.243. The first-order valence-corrected chi connectivity index (χ1v) is 9.43. The van der Waals surface area contributed by atoms with Crippen molar-refractivity contribution < 1.29 is 19.1 Å². The number of carbonyl (C=O) groups excluding carboxylic acids is 2. The maximum absolute atomic E-state index is 12.9. The molecule has 24 heavy (non-hydrogen) atoms. The van der Waals surface area contributed by atoms with E-state index in [1.807, 2.05) is 27.7 Å². The monoisotopic (exact) mass is 342 g/mol. The van der Waals surface area contributed by atoms with Crippen LogP contribution in [0.15, 0.2) is 0 Å². The molecule has 0 N–H and O–H groups in total. The summed E-state index contributed by atoms with van der Waals surface area (Å²) in [5.41, 5.74) is -1.17. The van der Waals surface area contributed by atoms with E-state index in [0.29, 0.717) is 24.7 Å². The minimum atomic E-state index is -1.17. The Balaban J connectivity index is 5.51. The van der Waals surface area contributed by atoms with Crippen molar-refractivity contribution in [2.24, 2.45) is 17.3 Å². The number of ether oxygens (including phenoxy) is 2. The number of carbonyl (C=O) groups is 2. The molecule has 0 saturated carbocycles. The number of esters is 2. The first kappa shape index (κ1) is 22.9. The average molecular weight is 343 g/mol. The zero-order valence-corrected chi connectivity index (χ0v) is 17.0. The van der Waals surface area contributed by atoms with Crippen molar-refractivity contribution in [2.75, 3.05) is 0 Å². The second-order valence-corrected chi connectivity index (χ2v) is 8.21. The molecule has 0 unspecified atom stereocenters. The van der Waals surface area contributed by atoms with Crippen LogP contribution in [0.25, 0.3) is 0 Å². The molecule has 0 bridgehead atoms. The van der Waals surface area contributed by atoms with Gasteiger partial charge in [0.1, 0.15) is 0 Å². The van der Waals surface area contributed by atoms with Crippen molar-refractivity contribution >= 4 is 11.9 Å². The van der Waals surface area contributed by atoms with Gasteiger partial charge in [-0.1, -0.05) is 40.5 Å². The van der Waals surface area contributed by atoms with E-state index in [2.05, 4.69) is 27.7 Å². The van der Waals surface area contributed by atoms with Crippen LogP contribution < -0.4 is 0 Å². The largest absolute Gasteiger partial charge is 0.462 e. The van der Waals surface area contributed by atoms with E-state index in [4.69, 9.17) is 9.47 Å². The summed E-state index contributed by atoms with van der Waals surface area (Å²) in [6, 6.07) is 0. The number of rotatable bonds is 11. The summed E-state index contributed by atoms with van der Waals surface area (Å²) < 4.78 is 10.9. The van der Waals surface area contributed by atoms with E-state index in [9.17, 15) is 9.59 Å². The van der Waals surface area contributed by atoms with E-state index in [-0.39, 0.29) is 12.2 Å². The van der Waals surface area contributed by atoms with Gasteiger partial charge in [0.05, 0.1) is 12.2 Å². The molecule has 0 aliphatic carbocycles. The van der Waals surface area contributed by atoms with Crippen molar-refractivity contribution in [1.29, 1.82) is 0 Å². The van der Waals surface area contributed by atoms with Gasteiger partial charge in [-0.2, -0.15) is 0 Å². The Bertz CT molecular complexity index is 361. The molecule has 0 aliphatic rings. The second-order valence-electron chi connectivity index (χ2n) is 8.21. The molecule has 4 nitrogen and oxygen atoms in total. The van der Waals surface area contributed by atoms with Crippen LogP contribution in [0, 0.1) is 17.3 Å². The maximum Gasteiger partial charge on any atom is 0.323 e. The van der Waals surface area contributed by atoms with Crippen molar-refractivity contribution in [3.63, 3.8) is 0 Å². The summed E-state index contributed by atoms with van der Waals surface area (Å²) in [5, 5.41) is 0. The van der Waals surface area contributed by atoms with Gasteiger partial charge in [-0.05, 0) is 58.8 Å². The van der Waals surface area contributed by atoms with Gasteiger partial charge < -0.3 is 9.47 Å². The first-order chi connectivity index (χ1) is 11.0. The lowest BCUT2D eigenvalue weighted by molar-refractivity contribution is -0.178. The van der Waals surface area contributed by atoms with Gasteiger partial charge in [0, 0.05) is 0 Å². The summed E-state index contributed by atoms with van der Waals surface area (Å²) in [4.78, 5) is 25.7. The minimum Gasteiger partial charge on any atom is -0.462 e. The van der Waals surface area contributed by atoms with Crippen LogP contribution in [-0.2, 0) is 19.1 Å². The molecular formula is C20H38O4. The molecule has 0 aliphatic heterocycles. The summed E-state index contributed by atoms with van der Waals surface area (Å²) in [6.07, 6.45) is 3.08. The van der Waals surface area contributed by atoms with E-state index in [1.165, 1.54) is 0 Å². The topological polar surface area (TPSA) is 52.6 Å². The van der Waals surface area contributed by atoms with Crippen molar-refractivity contribution in [2.45, 2.75) is 99.7 Å². The van der Waals surface area contributed by atoms with Gasteiger partial charge in [0.15, 0.2) is 5.41 Å². The predicted octanol–water partition coefficient (Wildman–Crippen LogP) is 5.14. The van der Waals surface area contributed by atoms with Crippen LogP contribution in [0.5, 0.6) is 0 Å². The summed E-state index contributed by atoms with van der Waals surface area (Å²) in [7, 11) is 0. The summed E-state index contributed by atoms with van der Waals surface area (Å²) in [6.45, 7) is 15.7. The molecule has 0 aromatic carbocycles. The molecule has 0 amide bonds. The molecule has 0 heterocycles. The molecule has 0 rings (SSSR count). The van der Waals surface area contributed by atoms with Gasteiger partial charge in [-0.25, -0.2) is 0 Å². The molecule has 142 valence electrons. The van der Waals surface area contributed by atoms with Gasteiger partial charge in [-0.3, -0.25) is 9.59 Å². The van der Waals surface area contributed by atoms with E-state index in [1.54, 1.807) is 0 Å². The van der Waals surface area contributed by atoms with Crippen LogP contribution >= 0.6 is 0 Å². The van der Waals surface area contributed by atoms with E-state index < -0.39 is 17.4 Å². The third-order valence-electron chi connectivity index (χ3n) is 4.00. The fourth-order valence-electron chi connectivity index (χ4n) is 2.62. The van der Waals surface area contributed by atoms with Crippen molar-refractivity contribution in [3.05, 3.63) is 0 Å². The van der Waals surface area contributed by atoms with Gasteiger partial charge in [0.25, 0.3) is 0 Å². The molecular weight excluding hydrogens is 304 g/mol. The van der Waals surface area contributed by atoms with Crippen molar-refractivity contribution in [3.8, 4) is 0 Å². The molecule has 0 spiro atoms. The fourth-order valence-corrected chi connectivity index (χ4v) is 2.62. The Morgan fingerprint density at radius 2 is 1.12 bits per heavy atom. The third kappa shape index (κ3) is 8.16. The number of hydrogen-bond donors (Lipinski definition) is 0. The second kappa shape index (κ2) is 10.7. The first-order valence-electron chi connectivity index (χ1n) is 9.43. The lowest BCUT2D eigenvalue weighted by Crippen LogP contribution is -2.44. The zero-order chi connectivity index (χ0) is 18.9. The quantitative estimate of drug-likeness (QED) is 0.385. The zero-order valence-electron chi connectivity index (χ0n) is 17.0. The maximum atomic E-state index is 12.9. The highest BCUT2D eigenvalue weighted by molar-refractivity contribution is 6.00. The average Bonchev–Trinajstić information content (AvgIpc) is 2.40. The highest BCUT2D eigenvalue weighted by Crippen LogP contribution is 2.36. The standard InChI is InChI=1S/C20H38O4/c1-14(2)10-9-12-20(13-11-15(3)4,18(21)23-16(5)6)19(22)24-17(7)8/h14-17H,9-13H2,1-8H3. The van der Waals surface area contributed by atoms with Crippen LogP contribution in [0.4, 0.5) is 0 Å². The smallest absolute Gasteiger partial charge is 0.323 e. The summed E-state index contributed by atoms with van der Waals surface area (Å²) >= 11 is 0. The van der Waals surface area contributed by atoms with Crippen LogP contribution in [0.1, 0.15) is 87.5 Å². The molecule has 0 radical (unpaired) electrons. The third-order valence-corrected chi connectivity index (χ3v) is 4.00. The molecule has 0 saturated heterocycles. The normalized spacial score (nSPS) is 12.3. The van der Waals surface area contributed by atoms with Crippen molar-refractivity contribution in [1.82, 2.24) is 0 Å². The Hall–Kier alpha value is -1.06. The Morgan fingerprint density at radius 3 is 1.46 bits per heavy atom. The fraction of sp³-hybridized carbons (Fsp3) is 0.900. The Kier molecular flexibility index (Phi) is 10.3. The molecule has 0 fully saturated rings. The predicted molar refractivity (Wildman–Crippen MR) is 97.7 cm³/mol. The SMILES string of the molecule is CC(C)CCCC(CCC(C)C)(C(=O)OC(C)C)C(=O)OC(C)C. The van der Waals surface area contributed by atoms with Crippen LogP contribution in [0.3, 0.4) is 0 Å². The van der Waals surface area contributed by atoms with Crippen LogP contribution in [-0.4, -0.2) is 24.1 Å². The lowest BCUT2D eigenvalue weighted by Gasteiger charge is -2.32. The Morgan fingerprint density at radius 1 is 0.708 bits per heavy atom. The van der Waals surface area contributed by atoms with E-state index >= 15 is 0 Å². The molecule has 0 aromatic rings. The highest BCUT2D eigenvalue weighted by atomic mass is 16.6. The van der Waals surface area contributed by atoms with E-state index in [0.717, 1.165) is 19.3 Å². The highest BCUT2D eigenvalue weighted by Gasteiger charge is 2.48. The molecule has 0 aromatic heterocycles. The van der Waals surface area contributed by atoms with Crippen LogP contribution in [0.2, 0.25) is 0 Å². The van der Waals surface area contributed by atoms with Gasteiger partial charge >= 0.3 is 11.9 Å². The van der Waals surface area contributed by atoms with Gasteiger partial charge in [0.2, 0.25) is 0 Å². The van der Waals surface area contributed by atoms with Gasteiger partial charge in [-0.15, -0.1) is 0 Å². The molecule has 0 atom stereocenters. The lowest BCUT2D eigenvalue weighted by atomic mass is 9.76. The molecule has 4 heteroatoms. The number of hydrogen-bond acceptors (Lipinski definition) is 4. The summed E-state index contributed by atoms with van der Waals surface area (Å²) in [5.74, 6) is 0.100. The Labute approximate surface area is 148 Å².